The second kappa shape index (κ2) is 5.04. The van der Waals surface area contributed by atoms with E-state index in [0.717, 1.165) is 6.92 Å². The molecule has 1 atom stereocenters. The molecule has 6 heteroatoms. The number of nitriles is 1. The molecule has 0 bridgehead atoms. The van der Waals surface area contributed by atoms with Crippen molar-refractivity contribution in [3.05, 3.63) is 28.8 Å². The van der Waals surface area contributed by atoms with Crippen molar-refractivity contribution < 1.29 is 19.7 Å². The standard InChI is InChI=1S/C11H10ClNO4/c1-11(16,10(14)15)6-17-8-3-2-7(5-13)9(12)4-8/h2-4,16H,6H2,1H3,(H,14,15). The van der Waals surface area contributed by atoms with Crippen molar-refractivity contribution in [2.75, 3.05) is 6.61 Å². The van der Waals surface area contributed by atoms with Crippen molar-refractivity contribution in [3.63, 3.8) is 0 Å². The largest absolute Gasteiger partial charge is 0.490 e. The molecule has 0 heterocycles. The molecule has 2 N–H and O–H groups in total. The van der Waals surface area contributed by atoms with Crippen LogP contribution in [0.1, 0.15) is 12.5 Å². The molecular weight excluding hydrogens is 246 g/mol. The highest BCUT2D eigenvalue weighted by atomic mass is 35.5. The summed E-state index contributed by atoms with van der Waals surface area (Å²) in [4.78, 5) is 10.6. The van der Waals surface area contributed by atoms with E-state index >= 15 is 0 Å². The Hall–Kier alpha value is -1.77. The Morgan fingerprint density at radius 3 is 2.76 bits per heavy atom. The summed E-state index contributed by atoms with van der Waals surface area (Å²) >= 11 is 5.76. The number of hydrogen-bond acceptors (Lipinski definition) is 4. The fourth-order valence-electron chi connectivity index (χ4n) is 0.962. The molecule has 5 nitrogen and oxygen atoms in total. The zero-order chi connectivity index (χ0) is 13.1. The Kier molecular flexibility index (Phi) is 3.94. The molecule has 0 saturated heterocycles. The van der Waals surface area contributed by atoms with Crippen LogP contribution < -0.4 is 4.74 Å². The molecule has 0 saturated carbocycles. The number of rotatable bonds is 4. The van der Waals surface area contributed by atoms with E-state index in [0.29, 0.717) is 5.56 Å². The predicted octanol–water partition coefficient (Wildman–Crippen LogP) is 1.43. The summed E-state index contributed by atoms with van der Waals surface area (Å²) in [5.41, 5.74) is -1.68. The highest BCUT2D eigenvalue weighted by Crippen LogP contribution is 2.22. The summed E-state index contributed by atoms with van der Waals surface area (Å²) in [6, 6.07) is 6.20. The summed E-state index contributed by atoms with van der Waals surface area (Å²) in [6.45, 7) is 0.713. The lowest BCUT2D eigenvalue weighted by atomic mass is 10.1. The fraction of sp³-hybridized carbons (Fsp3) is 0.273. The molecule has 0 radical (unpaired) electrons. The number of carboxylic acid groups (broad SMARTS) is 1. The molecule has 1 unspecified atom stereocenters. The summed E-state index contributed by atoms with van der Waals surface area (Å²) in [5, 5.41) is 26.9. The van der Waals surface area contributed by atoms with E-state index in [1.165, 1.54) is 18.2 Å². The molecule has 90 valence electrons. The average Bonchev–Trinajstić information content (AvgIpc) is 2.26. The Morgan fingerprint density at radius 2 is 2.29 bits per heavy atom. The number of aliphatic hydroxyl groups is 1. The van der Waals surface area contributed by atoms with Gasteiger partial charge in [-0.15, -0.1) is 0 Å². The topological polar surface area (TPSA) is 90.5 Å². The van der Waals surface area contributed by atoms with Gasteiger partial charge >= 0.3 is 5.97 Å². The SMILES string of the molecule is CC(O)(COc1ccc(C#N)c(Cl)c1)C(=O)O. The molecule has 0 aliphatic carbocycles. The minimum Gasteiger partial charge on any atom is -0.490 e. The molecule has 0 spiro atoms. The van der Waals surface area contributed by atoms with Gasteiger partial charge < -0.3 is 14.9 Å². The Labute approximate surface area is 103 Å². The molecule has 0 aromatic heterocycles. The fourth-order valence-corrected chi connectivity index (χ4v) is 1.17. The third-order valence-electron chi connectivity index (χ3n) is 2.04. The monoisotopic (exact) mass is 255 g/mol. The lowest BCUT2D eigenvalue weighted by Gasteiger charge is -2.18. The van der Waals surface area contributed by atoms with Crippen LogP contribution in [0.2, 0.25) is 5.02 Å². The van der Waals surface area contributed by atoms with Gasteiger partial charge in [0.05, 0.1) is 10.6 Å². The van der Waals surface area contributed by atoms with Crippen LogP contribution in [0.25, 0.3) is 0 Å². The second-order valence-corrected chi connectivity index (χ2v) is 4.03. The van der Waals surface area contributed by atoms with Gasteiger partial charge in [-0.05, 0) is 19.1 Å². The summed E-state index contributed by atoms with van der Waals surface area (Å²) in [5.74, 6) is -1.09. The van der Waals surface area contributed by atoms with Crippen molar-refractivity contribution >= 4 is 17.6 Å². The quantitative estimate of drug-likeness (QED) is 0.849. The van der Waals surface area contributed by atoms with Gasteiger partial charge in [0.2, 0.25) is 0 Å². The van der Waals surface area contributed by atoms with Gasteiger partial charge in [0.15, 0.2) is 5.60 Å². The first-order chi connectivity index (χ1) is 7.86. The van der Waals surface area contributed by atoms with Crippen LogP contribution >= 0.6 is 11.6 Å². The third-order valence-corrected chi connectivity index (χ3v) is 2.35. The van der Waals surface area contributed by atoms with E-state index in [2.05, 4.69) is 0 Å². The number of aliphatic carboxylic acids is 1. The van der Waals surface area contributed by atoms with Crippen LogP contribution in [0.3, 0.4) is 0 Å². The van der Waals surface area contributed by atoms with Crippen LogP contribution in [0, 0.1) is 11.3 Å². The number of ether oxygens (including phenoxy) is 1. The van der Waals surface area contributed by atoms with Gasteiger partial charge in [-0.25, -0.2) is 4.79 Å². The van der Waals surface area contributed by atoms with Gasteiger partial charge in [0.25, 0.3) is 0 Å². The maximum atomic E-state index is 10.6. The van der Waals surface area contributed by atoms with Crippen molar-refractivity contribution in [3.8, 4) is 11.8 Å². The van der Waals surface area contributed by atoms with E-state index in [9.17, 15) is 9.90 Å². The normalized spacial score (nSPS) is 13.5. The number of carbonyl (C=O) groups is 1. The maximum Gasteiger partial charge on any atom is 0.339 e. The zero-order valence-corrected chi connectivity index (χ0v) is 9.73. The van der Waals surface area contributed by atoms with E-state index in [1.54, 1.807) is 0 Å². The lowest BCUT2D eigenvalue weighted by Crippen LogP contribution is -2.41. The first kappa shape index (κ1) is 13.3. The molecule has 17 heavy (non-hydrogen) atoms. The van der Waals surface area contributed by atoms with Crippen LogP contribution in [0.4, 0.5) is 0 Å². The number of nitrogens with zero attached hydrogens (tertiary/aromatic N) is 1. The minimum absolute atomic E-state index is 0.208. The van der Waals surface area contributed by atoms with Gasteiger partial charge in [-0.2, -0.15) is 5.26 Å². The third kappa shape index (κ3) is 3.34. The Balaban J connectivity index is 2.75. The molecule has 0 fully saturated rings. The number of carboxylic acids is 1. The number of benzene rings is 1. The first-order valence-electron chi connectivity index (χ1n) is 4.65. The van der Waals surface area contributed by atoms with Crippen LogP contribution in [0.5, 0.6) is 5.75 Å². The molecule has 0 aliphatic heterocycles. The first-order valence-corrected chi connectivity index (χ1v) is 5.03. The van der Waals surface area contributed by atoms with E-state index < -0.39 is 18.2 Å². The van der Waals surface area contributed by atoms with Crippen LogP contribution in [-0.4, -0.2) is 28.4 Å². The smallest absolute Gasteiger partial charge is 0.339 e. The maximum absolute atomic E-state index is 10.6. The lowest BCUT2D eigenvalue weighted by molar-refractivity contribution is -0.159. The van der Waals surface area contributed by atoms with Crippen molar-refractivity contribution in [1.29, 1.82) is 5.26 Å². The Bertz CT molecular complexity index is 479. The van der Waals surface area contributed by atoms with Crippen molar-refractivity contribution in [2.24, 2.45) is 0 Å². The molecule has 0 aliphatic rings. The predicted molar refractivity (Wildman–Crippen MR) is 59.9 cm³/mol. The molecule has 1 aromatic rings. The summed E-state index contributed by atoms with van der Waals surface area (Å²) < 4.78 is 5.09. The van der Waals surface area contributed by atoms with Crippen LogP contribution in [-0.2, 0) is 4.79 Å². The van der Waals surface area contributed by atoms with E-state index in [-0.39, 0.29) is 10.8 Å². The second-order valence-electron chi connectivity index (χ2n) is 3.62. The Morgan fingerprint density at radius 1 is 1.65 bits per heavy atom. The molecule has 1 aromatic carbocycles. The van der Waals surface area contributed by atoms with E-state index in [4.69, 9.17) is 26.7 Å². The zero-order valence-electron chi connectivity index (χ0n) is 8.98. The highest BCUT2D eigenvalue weighted by Gasteiger charge is 2.30. The molecule has 1 rings (SSSR count). The van der Waals surface area contributed by atoms with Gasteiger partial charge in [0.1, 0.15) is 18.4 Å². The minimum atomic E-state index is -1.97. The average molecular weight is 256 g/mol. The van der Waals surface area contributed by atoms with Gasteiger partial charge in [-0.3, -0.25) is 0 Å². The number of halogens is 1. The van der Waals surface area contributed by atoms with Crippen LogP contribution in [0.15, 0.2) is 18.2 Å². The number of hydrogen-bond donors (Lipinski definition) is 2. The summed E-state index contributed by atoms with van der Waals surface area (Å²) in [6.07, 6.45) is 0. The molecular formula is C11H10ClNO4. The van der Waals surface area contributed by atoms with Gasteiger partial charge in [-0.1, -0.05) is 11.6 Å². The van der Waals surface area contributed by atoms with Crippen molar-refractivity contribution in [2.45, 2.75) is 12.5 Å². The summed E-state index contributed by atoms with van der Waals surface area (Å²) in [7, 11) is 0. The van der Waals surface area contributed by atoms with Gasteiger partial charge in [0, 0.05) is 6.07 Å². The van der Waals surface area contributed by atoms with Crippen molar-refractivity contribution in [1.82, 2.24) is 0 Å². The molecule has 0 amide bonds. The van der Waals surface area contributed by atoms with E-state index in [1.807, 2.05) is 6.07 Å². The highest BCUT2D eigenvalue weighted by molar-refractivity contribution is 6.31.